The standard InChI is InChI=1S/C41H26/c1-3-11-27(12-4-1)30-19-22-33-34-23-20-31(28-13-5-2-6-14-28)26-39(34)41(38(33)25-30)36-18-10-9-17-35(36)40-32-16-8-7-15-29(32)21-24-37(40)41/h1-26H. The van der Waals surface area contributed by atoms with Crippen LogP contribution in [0.15, 0.2) is 158 Å². The van der Waals surface area contributed by atoms with Gasteiger partial charge in [0.05, 0.1) is 5.41 Å². The molecule has 0 saturated carbocycles. The number of hydrogen-bond donors (Lipinski definition) is 0. The van der Waals surface area contributed by atoms with Gasteiger partial charge >= 0.3 is 0 Å². The van der Waals surface area contributed by atoms with Crippen LogP contribution in [0.5, 0.6) is 0 Å². The van der Waals surface area contributed by atoms with Crippen molar-refractivity contribution in [1.29, 1.82) is 0 Å². The second-order valence-electron chi connectivity index (χ2n) is 11.3. The second kappa shape index (κ2) is 8.40. The van der Waals surface area contributed by atoms with Gasteiger partial charge in [-0.05, 0) is 89.7 Å². The summed E-state index contributed by atoms with van der Waals surface area (Å²) in [6.45, 7) is 0. The van der Waals surface area contributed by atoms with E-state index in [1.807, 2.05) is 0 Å². The zero-order valence-corrected chi connectivity index (χ0v) is 22.5. The van der Waals surface area contributed by atoms with Crippen LogP contribution in [0, 0.1) is 0 Å². The molecular weight excluding hydrogens is 492 g/mol. The molecule has 0 heterocycles. The predicted molar refractivity (Wildman–Crippen MR) is 171 cm³/mol. The largest absolute Gasteiger partial charge is 0.0726 e. The summed E-state index contributed by atoms with van der Waals surface area (Å²) < 4.78 is 0. The molecule has 0 fully saturated rings. The molecule has 1 spiro atoms. The average Bonchev–Trinajstić information content (AvgIpc) is 3.52. The van der Waals surface area contributed by atoms with Gasteiger partial charge in [0.1, 0.15) is 0 Å². The highest BCUT2D eigenvalue weighted by Gasteiger charge is 2.52. The van der Waals surface area contributed by atoms with Gasteiger partial charge in [-0.3, -0.25) is 0 Å². The van der Waals surface area contributed by atoms with Gasteiger partial charge in [-0.2, -0.15) is 0 Å². The minimum atomic E-state index is -0.393. The minimum Gasteiger partial charge on any atom is -0.0622 e. The molecule has 0 radical (unpaired) electrons. The van der Waals surface area contributed by atoms with Crippen molar-refractivity contribution in [3.8, 4) is 44.5 Å². The molecule has 0 atom stereocenters. The molecule has 7 aromatic rings. The highest BCUT2D eigenvalue weighted by atomic mass is 14.5. The first-order valence-corrected chi connectivity index (χ1v) is 14.4. The molecule has 0 aliphatic heterocycles. The quantitative estimate of drug-likeness (QED) is 0.213. The van der Waals surface area contributed by atoms with Crippen LogP contribution < -0.4 is 0 Å². The Kier molecular flexibility index (Phi) is 4.63. The van der Waals surface area contributed by atoms with Gasteiger partial charge in [-0.25, -0.2) is 0 Å². The predicted octanol–water partition coefficient (Wildman–Crippen LogP) is 10.5. The van der Waals surface area contributed by atoms with Crippen LogP contribution in [0.3, 0.4) is 0 Å². The maximum atomic E-state index is 2.47. The van der Waals surface area contributed by atoms with Gasteiger partial charge in [0.15, 0.2) is 0 Å². The molecule has 190 valence electrons. The molecule has 0 saturated heterocycles. The first-order chi connectivity index (χ1) is 20.3. The summed E-state index contributed by atoms with van der Waals surface area (Å²) in [5.74, 6) is 0. The van der Waals surface area contributed by atoms with E-state index >= 15 is 0 Å². The summed E-state index contributed by atoms with van der Waals surface area (Å²) in [6.07, 6.45) is 0. The molecular formula is C41H26. The molecule has 0 bridgehead atoms. The maximum Gasteiger partial charge on any atom is 0.0726 e. The zero-order valence-electron chi connectivity index (χ0n) is 22.5. The number of rotatable bonds is 2. The van der Waals surface area contributed by atoms with Gasteiger partial charge in [0.2, 0.25) is 0 Å². The smallest absolute Gasteiger partial charge is 0.0622 e. The molecule has 0 unspecified atom stereocenters. The monoisotopic (exact) mass is 518 g/mol. The van der Waals surface area contributed by atoms with Crippen molar-refractivity contribution in [2.24, 2.45) is 0 Å². The van der Waals surface area contributed by atoms with Crippen LogP contribution in [0.2, 0.25) is 0 Å². The minimum absolute atomic E-state index is 0.393. The van der Waals surface area contributed by atoms with Crippen molar-refractivity contribution < 1.29 is 0 Å². The van der Waals surface area contributed by atoms with Crippen molar-refractivity contribution >= 4 is 10.8 Å². The van der Waals surface area contributed by atoms with Crippen LogP contribution in [-0.4, -0.2) is 0 Å². The van der Waals surface area contributed by atoms with Gasteiger partial charge < -0.3 is 0 Å². The van der Waals surface area contributed by atoms with E-state index in [4.69, 9.17) is 0 Å². The third-order valence-corrected chi connectivity index (χ3v) is 9.29. The fraction of sp³-hybridized carbons (Fsp3) is 0.0244. The van der Waals surface area contributed by atoms with Gasteiger partial charge in [0, 0.05) is 0 Å². The molecule has 0 amide bonds. The van der Waals surface area contributed by atoms with Gasteiger partial charge in [0.25, 0.3) is 0 Å². The van der Waals surface area contributed by atoms with Crippen molar-refractivity contribution in [3.63, 3.8) is 0 Å². The number of fused-ring (bicyclic) bond motifs is 12. The lowest BCUT2D eigenvalue weighted by atomic mass is 9.69. The molecule has 2 aliphatic rings. The normalized spacial score (nSPS) is 13.6. The van der Waals surface area contributed by atoms with E-state index < -0.39 is 5.41 Å². The Labute approximate surface area is 240 Å². The van der Waals surface area contributed by atoms with E-state index in [1.165, 1.54) is 77.5 Å². The van der Waals surface area contributed by atoms with E-state index in [2.05, 4.69) is 158 Å². The molecule has 0 aromatic heterocycles. The Morgan fingerprint density at radius 1 is 0.317 bits per heavy atom. The topological polar surface area (TPSA) is 0 Å². The summed E-state index contributed by atoms with van der Waals surface area (Å²) >= 11 is 0. The fourth-order valence-corrected chi connectivity index (χ4v) is 7.57. The zero-order chi connectivity index (χ0) is 27.0. The Morgan fingerprint density at radius 3 is 1.54 bits per heavy atom. The lowest BCUT2D eigenvalue weighted by molar-refractivity contribution is 0.795. The SMILES string of the molecule is c1ccc(-c2ccc3c(c2)C2(c4cc(-c5ccccc5)ccc4-3)c3ccccc3-c3c2ccc2ccccc32)cc1. The highest BCUT2D eigenvalue weighted by Crippen LogP contribution is 2.64. The van der Waals surface area contributed by atoms with E-state index in [1.54, 1.807) is 0 Å². The van der Waals surface area contributed by atoms with Crippen molar-refractivity contribution in [3.05, 3.63) is 180 Å². The van der Waals surface area contributed by atoms with E-state index in [0.717, 1.165) is 0 Å². The summed E-state index contributed by atoms with van der Waals surface area (Å²) in [5.41, 5.74) is 15.5. The molecule has 41 heavy (non-hydrogen) atoms. The maximum absolute atomic E-state index is 2.47. The lowest BCUT2D eigenvalue weighted by Gasteiger charge is -2.31. The number of benzene rings is 7. The molecule has 7 aromatic carbocycles. The summed E-state index contributed by atoms with van der Waals surface area (Å²) in [6, 6.07) is 58.5. The molecule has 9 rings (SSSR count). The lowest BCUT2D eigenvalue weighted by Crippen LogP contribution is -2.26. The summed E-state index contributed by atoms with van der Waals surface area (Å²) in [7, 11) is 0. The number of hydrogen-bond acceptors (Lipinski definition) is 0. The Morgan fingerprint density at radius 2 is 0.878 bits per heavy atom. The van der Waals surface area contributed by atoms with E-state index in [0.29, 0.717) is 0 Å². The average molecular weight is 519 g/mol. The van der Waals surface area contributed by atoms with Crippen LogP contribution in [0.4, 0.5) is 0 Å². The Balaban J connectivity index is 1.44. The second-order valence-corrected chi connectivity index (χ2v) is 11.3. The first kappa shape index (κ1) is 22.6. The van der Waals surface area contributed by atoms with E-state index in [-0.39, 0.29) is 0 Å². The Hall–Kier alpha value is -5.20. The van der Waals surface area contributed by atoms with Gasteiger partial charge in [-0.1, -0.05) is 146 Å². The van der Waals surface area contributed by atoms with Crippen molar-refractivity contribution in [2.45, 2.75) is 5.41 Å². The Bertz CT molecular complexity index is 2040. The molecule has 0 N–H and O–H groups in total. The summed E-state index contributed by atoms with van der Waals surface area (Å²) in [4.78, 5) is 0. The van der Waals surface area contributed by atoms with Crippen molar-refractivity contribution in [2.75, 3.05) is 0 Å². The van der Waals surface area contributed by atoms with Gasteiger partial charge in [-0.15, -0.1) is 0 Å². The van der Waals surface area contributed by atoms with E-state index in [9.17, 15) is 0 Å². The summed E-state index contributed by atoms with van der Waals surface area (Å²) in [5, 5.41) is 2.61. The molecule has 2 aliphatic carbocycles. The third-order valence-electron chi connectivity index (χ3n) is 9.29. The third kappa shape index (κ3) is 3.00. The highest BCUT2D eigenvalue weighted by molar-refractivity contribution is 6.06. The molecule has 0 heteroatoms. The van der Waals surface area contributed by atoms with Crippen LogP contribution in [0.1, 0.15) is 22.3 Å². The fourth-order valence-electron chi connectivity index (χ4n) is 7.57. The van der Waals surface area contributed by atoms with Crippen molar-refractivity contribution in [1.82, 2.24) is 0 Å². The van der Waals surface area contributed by atoms with Crippen LogP contribution >= 0.6 is 0 Å². The van der Waals surface area contributed by atoms with Crippen LogP contribution in [0.25, 0.3) is 55.3 Å². The van der Waals surface area contributed by atoms with Crippen LogP contribution in [-0.2, 0) is 5.41 Å². The first-order valence-electron chi connectivity index (χ1n) is 14.4. The molecule has 0 nitrogen and oxygen atoms in total.